The Bertz CT molecular complexity index is 1060. The lowest BCUT2D eigenvalue weighted by Crippen LogP contribution is -2.29. The Kier molecular flexibility index (Phi) is 5.63. The number of hydrogen-bond acceptors (Lipinski definition) is 2. The first kappa shape index (κ1) is 19.1. The highest BCUT2D eigenvalue weighted by Crippen LogP contribution is 2.21. The van der Waals surface area contributed by atoms with Crippen molar-refractivity contribution in [3.8, 4) is 0 Å². The third kappa shape index (κ3) is 4.21. The lowest BCUT2D eigenvalue weighted by molar-refractivity contribution is 0.102. The van der Waals surface area contributed by atoms with Crippen molar-refractivity contribution in [1.29, 1.82) is 0 Å². The summed E-state index contributed by atoms with van der Waals surface area (Å²) in [6.07, 6.45) is 1.48. The molecule has 4 nitrogen and oxygen atoms in total. The summed E-state index contributed by atoms with van der Waals surface area (Å²) in [5.41, 5.74) is 0.893. The van der Waals surface area contributed by atoms with Gasteiger partial charge in [0, 0.05) is 27.5 Å². The number of aryl methyl sites for hydroxylation is 1. The van der Waals surface area contributed by atoms with Crippen LogP contribution in [0.5, 0.6) is 0 Å². The van der Waals surface area contributed by atoms with Gasteiger partial charge in [0.25, 0.3) is 11.5 Å². The van der Waals surface area contributed by atoms with Gasteiger partial charge in [-0.05, 0) is 48.9 Å². The van der Waals surface area contributed by atoms with Gasteiger partial charge in [0.15, 0.2) is 0 Å². The average molecular weight is 405 g/mol. The predicted molar refractivity (Wildman–Crippen MR) is 105 cm³/mol. The van der Waals surface area contributed by atoms with E-state index in [0.717, 1.165) is 5.56 Å². The summed E-state index contributed by atoms with van der Waals surface area (Å²) in [7, 11) is 0. The monoisotopic (exact) mass is 404 g/mol. The van der Waals surface area contributed by atoms with E-state index in [9.17, 15) is 14.0 Å². The van der Waals surface area contributed by atoms with Crippen molar-refractivity contribution in [2.45, 2.75) is 13.5 Å². The molecular formula is C20H15Cl2FN2O2. The highest BCUT2D eigenvalue weighted by Gasteiger charge is 2.15. The van der Waals surface area contributed by atoms with Crippen molar-refractivity contribution in [2.24, 2.45) is 0 Å². The quantitative estimate of drug-likeness (QED) is 0.671. The summed E-state index contributed by atoms with van der Waals surface area (Å²) in [6, 6.07) is 12.3. The van der Waals surface area contributed by atoms with Gasteiger partial charge in [-0.3, -0.25) is 9.59 Å². The number of pyridine rings is 1. The Morgan fingerprint density at radius 3 is 2.67 bits per heavy atom. The molecule has 0 fully saturated rings. The van der Waals surface area contributed by atoms with Gasteiger partial charge in [0.05, 0.1) is 6.54 Å². The fraction of sp³-hybridized carbons (Fsp3) is 0.100. The molecule has 0 aliphatic carbocycles. The van der Waals surface area contributed by atoms with Crippen LogP contribution in [0.25, 0.3) is 0 Å². The maximum Gasteiger partial charge on any atom is 0.263 e. The van der Waals surface area contributed by atoms with E-state index in [0.29, 0.717) is 10.7 Å². The minimum atomic E-state index is -0.570. The molecule has 0 saturated carbocycles. The Balaban J connectivity index is 1.92. The predicted octanol–water partition coefficient (Wildman–Crippen LogP) is 4.90. The van der Waals surface area contributed by atoms with Gasteiger partial charge in [-0.15, -0.1) is 0 Å². The summed E-state index contributed by atoms with van der Waals surface area (Å²) in [5.74, 6) is -1.09. The van der Waals surface area contributed by atoms with Crippen LogP contribution in [-0.4, -0.2) is 10.5 Å². The standard InChI is InChI=1S/C20H15Cl2FN2O2/c1-12-7-8-13(21)10-18(12)24-19(26)14-4-3-9-25(20(14)27)11-15-16(22)5-2-6-17(15)23/h2-10H,11H2,1H3,(H,24,26). The molecule has 27 heavy (non-hydrogen) atoms. The molecule has 1 N–H and O–H groups in total. The number of nitrogens with zero attached hydrogens (tertiary/aromatic N) is 1. The van der Waals surface area contributed by atoms with Gasteiger partial charge < -0.3 is 9.88 Å². The Labute approximate surface area is 165 Å². The minimum absolute atomic E-state index is 0.0654. The molecule has 0 spiro atoms. The van der Waals surface area contributed by atoms with E-state index in [2.05, 4.69) is 5.32 Å². The summed E-state index contributed by atoms with van der Waals surface area (Å²) in [4.78, 5) is 25.3. The second-order valence-corrected chi connectivity index (χ2v) is 6.81. The first-order chi connectivity index (χ1) is 12.9. The normalized spacial score (nSPS) is 10.7. The van der Waals surface area contributed by atoms with Crippen molar-refractivity contribution in [2.75, 3.05) is 5.32 Å². The molecule has 138 valence electrons. The van der Waals surface area contributed by atoms with Crippen molar-refractivity contribution in [3.63, 3.8) is 0 Å². The molecule has 0 aliphatic heterocycles. The summed E-state index contributed by atoms with van der Waals surface area (Å²) in [5, 5.41) is 3.37. The van der Waals surface area contributed by atoms with Gasteiger partial charge in [-0.2, -0.15) is 0 Å². The Morgan fingerprint density at radius 1 is 1.15 bits per heavy atom. The third-order valence-electron chi connectivity index (χ3n) is 4.10. The second-order valence-electron chi connectivity index (χ2n) is 5.97. The summed E-state index contributed by atoms with van der Waals surface area (Å²) in [6.45, 7) is 1.73. The lowest BCUT2D eigenvalue weighted by atomic mass is 10.1. The number of benzene rings is 2. The number of carbonyl (C=O) groups excluding carboxylic acids is 1. The molecule has 0 aliphatic rings. The van der Waals surface area contributed by atoms with Crippen molar-refractivity contribution in [1.82, 2.24) is 4.57 Å². The first-order valence-electron chi connectivity index (χ1n) is 8.06. The van der Waals surface area contributed by atoms with E-state index in [1.807, 2.05) is 6.92 Å². The van der Waals surface area contributed by atoms with Crippen LogP contribution < -0.4 is 10.9 Å². The number of nitrogens with one attached hydrogen (secondary N) is 1. The molecule has 3 rings (SSSR count). The Hall–Kier alpha value is -2.63. The van der Waals surface area contributed by atoms with Gasteiger partial charge in [-0.25, -0.2) is 4.39 Å². The van der Waals surface area contributed by atoms with Crippen molar-refractivity contribution in [3.05, 3.63) is 97.6 Å². The SMILES string of the molecule is Cc1ccc(Cl)cc1NC(=O)c1cccn(Cc2c(F)cccc2Cl)c1=O. The first-order valence-corrected chi connectivity index (χ1v) is 8.82. The number of amides is 1. The number of rotatable bonds is 4. The second kappa shape index (κ2) is 7.94. The topological polar surface area (TPSA) is 51.1 Å². The summed E-state index contributed by atoms with van der Waals surface area (Å²) < 4.78 is 15.2. The lowest BCUT2D eigenvalue weighted by Gasteiger charge is -2.12. The fourth-order valence-electron chi connectivity index (χ4n) is 2.61. The Morgan fingerprint density at radius 2 is 1.93 bits per heavy atom. The highest BCUT2D eigenvalue weighted by molar-refractivity contribution is 6.31. The molecule has 0 radical (unpaired) electrons. The van der Waals surface area contributed by atoms with Gasteiger partial charge in [0.1, 0.15) is 11.4 Å². The molecule has 0 unspecified atom stereocenters. The van der Waals surface area contributed by atoms with Crippen LogP contribution in [0.15, 0.2) is 59.5 Å². The van der Waals surface area contributed by atoms with Crippen LogP contribution in [0.3, 0.4) is 0 Å². The van der Waals surface area contributed by atoms with Gasteiger partial charge in [0.2, 0.25) is 0 Å². The molecule has 1 aromatic heterocycles. The molecule has 3 aromatic rings. The fourth-order valence-corrected chi connectivity index (χ4v) is 3.00. The minimum Gasteiger partial charge on any atom is -0.322 e. The molecule has 0 atom stereocenters. The molecule has 1 amide bonds. The highest BCUT2D eigenvalue weighted by atomic mass is 35.5. The zero-order valence-corrected chi connectivity index (χ0v) is 15.8. The van der Waals surface area contributed by atoms with E-state index < -0.39 is 17.3 Å². The maximum atomic E-state index is 14.0. The molecule has 1 heterocycles. The third-order valence-corrected chi connectivity index (χ3v) is 4.69. The van der Waals surface area contributed by atoms with Crippen LogP contribution in [0.4, 0.5) is 10.1 Å². The zero-order chi connectivity index (χ0) is 19.6. The van der Waals surface area contributed by atoms with Crippen LogP contribution in [0.2, 0.25) is 10.0 Å². The number of anilines is 1. The number of hydrogen-bond donors (Lipinski definition) is 1. The van der Waals surface area contributed by atoms with Gasteiger partial charge >= 0.3 is 0 Å². The molecule has 0 saturated heterocycles. The smallest absolute Gasteiger partial charge is 0.263 e. The van der Waals surface area contributed by atoms with Crippen LogP contribution in [0.1, 0.15) is 21.5 Å². The molecule has 0 bridgehead atoms. The largest absolute Gasteiger partial charge is 0.322 e. The summed E-state index contributed by atoms with van der Waals surface area (Å²) >= 11 is 12.0. The van der Waals surface area contributed by atoms with E-state index in [4.69, 9.17) is 23.2 Å². The van der Waals surface area contributed by atoms with Crippen molar-refractivity contribution < 1.29 is 9.18 Å². The van der Waals surface area contributed by atoms with Gasteiger partial charge in [-0.1, -0.05) is 35.3 Å². The molecular weight excluding hydrogens is 390 g/mol. The van der Waals surface area contributed by atoms with E-state index >= 15 is 0 Å². The average Bonchev–Trinajstić information content (AvgIpc) is 2.62. The zero-order valence-electron chi connectivity index (χ0n) is 14.3. The van der Waals surface area contributed by atoms with E-state index in [1.54, 1.807) is 30.3 Å². The van der Waals surface area contributed by atoms with Crippen LogP contribution in [0, 0.1) is 12.7 Å². The van der Waals surface area contributed by atoms with Crippen molar-refractivity contribution >= 4 is 34.8 Å². The van der Waals surface area contributed by atoms with Crippen LogP contribution in [-0.2, 0) is 6.54 Å². The molecule has 2 aromatic carbocycles. The number of halogens is 3. The maximum absolute atomic E-state index is 14.0. The number of carbonyl (C=O) groups is 1. The number of aromatic nitrogens is 1. The van der Waals surface area contributed by atoms with Crippen LogP contribution >= 0.6 is 23.2 Å². The molecule has 7 heteroatoms. The van der Waals surface area contributed by atoms with E-state index in [1.165, 1.54) is 29.0 Å². The van der Waals surface area contributed by atoms with E-state index in [-0.39, 0.29) is 22.7 Å².